The second-order valence-electron chi connectivity index (χ2n) is 2.77. The first kappa shape index (κ1) is 8.07. The van der Waals surface area contributed by atoms with Crippen molar-refractivity contribution in [2.75, 3.05) is 0 Å². The van der Waals surface area contributed by atoms with Crippen molar-refractivity contribution in [1.82, 2.24) is 4.98 Å². The number of nitrogens with zero attached hydrogens (tertiary/aromatic N) is 1. The zero-order valence-electron chi connectivity index (χ0n) is 6.20. The molecule has 0 aliphatic rings. The fourth-order valence-corrected chi connectivity index (χ4v) is 1.10. The average Bonchev–Trinajstić information content (AvgIpc) is 1.88. The molecule has 1 aromatic rings. The summed E-state index contributed by atoms with van der Waals surface area (Å²) in [5.41, 5.74) is 1.17. The molecule has 0 saturated carbocycles. The van der Waals surface area contributed by atoms with Gasteiger partial charge in [-0.3, -0.25) is 0 Å². The van der Waals surface area contributed by atoms with Crippen LogP contribution in [0.2, 0.25) is 0 Å². The van der Waals surface area contributed by atoms with Crippen LogP contribution in [0.25, 0.3) is 0 Å². The molecule has 0 bridgehead atoms. The predicted molar refractivity (Wildman–Crippen MR) is 43.0 cm³/mol. The van der Waals surface area contributed by atoms with Gasteiger partial charge in [0, 0.05) is 0 Å². The Labute approximate surface area is 75.4 Å². The summed E-state index contributed by atoms with van der Waals surface area (Å²) in [6.45, 7) is 4.37. The molecule has 1 nitrogen and oxygen atoms in total. The molecule has 0 aliphatic heterocycles. The van der Waals surface area contributed by atoms with Crippen LogP contribution in [0.15, 0.2) is 24.4 Å². The first-order chi connectivity index (χ1) is 4.61. The van der Waals surface area contributed by atoms with Gasteiger partial charge in [0.25, 0.3) is 0 Å². The van der Waals surface area contributed by atoms with Gasteiger partial charge in [-0.1, -0.05) is 0 Å². The van der Waals surface area contributed by atoms with E-state index in [1.54, 1.807) is 23.0 Å². The Morgan fingerprint density at radius 2 is 2.10 bits per heavy atom. The van der Waals surface area contributed by atoms with Crippen molar-refractivity contribution < 1.29 is 0 Å². The van der Waals surface area contributed by atoms with Gasteiger partial charge < -0.3 is 0 Å². The van der Waals surface area contributed by atoms with E-state index >= 15 is 0 Å². The van der Waals surface area contributed by atoms with Crippen molar-refractivity contribution in [3.8, 4) is 0 Å². The number of rotatable bonds is 1. The molecule has 2 radical (unpaired) electrons. The van der Waals surface area contributed by atoms with Crippen LogP contribution >= 0.6 is 0 Å². The van der Waals surface area contributed by atoms with E-state index in [0.29, 0.717) is 0 Å². The molecular formula is C8H10NSb. The first-order valence-corrected chi connectivity index (χ1v) is 4.52. The molecule has 0 fully saturated rings. The third kappa shape index (κ3) is 1.98. The van der Waals surface area contributed by atoms with Gasteiger partial charge in [0.1, 0.15) is 0 Å². The molecule has 0 atom stereocenters. The van der Waals surface area contributed by atoms with Gasteiger partial charge in [0.2, 0.25) is 0 Å². The normalized spacial score (nSPS) is 11.5. The monoisotopic (exact) mass is 241 g/mol. The minimum atomic E-state index is 0.232. The summed E-state index contributed by atoms with van der Waals surface area (Å²) in [5.74, 6) is 0. The summed E-state index contributed by atoms with van der Waals surface area (Å²) >= 11 is 1.80. The number of hydrogen-bond donors (Lipinski definition) is 0. The zero-order valence-corrected chi connectivity index (χ0v) is 8.76. The molecule has 0 spiro atoms. The van der Waals surface area contributed by atoms with E-state index in [1.807, 2.05) is 18.3 Å². The number of hydrogen-bond acceptors (Lipinski definition) is 1. The second-order valence-corrected chi connectivity index (χ2v) is 5.96. The van der Waals surface area contributed by atoms with Crippen LogP contribution in [0, 0.1) is 0 Å². The molecule has 0 unspecified atom stereocenters. The van der Waals surface area contributed by atoms with Crippen LogP contribution in [0.5, 0.6) is 0 Å². The van der Waals surface area contributed by atoms with E-state index in [1.165, 1.54) is 5.69 Å². The van der Waals surface area contributed by atoms with E-state index in [9.17, 15) is 0 Å². The summed E-state index contributed by atoms with van der Waals surface area (Å²) in [6.07, 6.45) is 1.84. The molecule has 0 amide bonds. The van der Waals surface area contributed by atoms with Gasteiger partial charge in [0.05, 0.1) is 0 Å². The minimum absolute atomic E-state index is 0.232. The second kappa shape index (κ2) is 2.92. The molecular weight excluding hydrogens is 232 g/mol. The first-order valence-electron chi connectivity index (χ1n) is 3.24. The van der Waals surface area contributed by atoms with Crippen LogP contribution in [-0.2, 0) is 3.36 Å². The molecule has 0 aliphatic carbocycles. The third-order valence-corrected chi connectivity index (χ3v) is 1.95. The number of aromatic nitrogens is 1. The zero-order chi connectivity index (χ0) is 7.61. The van der Waals surface area contributed by atoms with E-state index in [4.69, 9.17) is 0 Å². The molecule has 2 heteroatoms. The van der Waals surface area contributed by atoms with Crippen molar-refractivity contribution in [3.05, 3.63) is 30.1 Å². The van der Waals surface area contributed by atoms with Gasteiger partial charge >= 0.3 is 75.3 Å². The maximum atomic E-state index is 4.26. The third-order valence-electron chi connectivity index (χ3n) is 1.29. The fraction of sp³-hybridized carbons (Fsp3) is 0.375. The van der Waals surface area contributed by atoms with Crippen LogP contribution < -0.4 is 0 Å². The van der Waals surface area contributed by atoms with Crippen LogP contribution in [0.4, 0.5) is 0 Å². The standard InChI is InChI=1S/C8H10N.Sb/c1-7(2)8-5-3-4-6-9-8;/h3-6H,1-2H3;. The Kier molecular flexibility index (Phi) is 2.35. The Hall–Kier alpha value is -0.0318. The van der Waals surface area contributed by atoms with Crippen LogP contribution in [0.3, 0.4) is 0 Å². The van der Waals surface area contributed by atoms with E-state index < -0.39 is 0 Å². The molecule has 0 saturated heterocycles. The van der Waals surface area contributed by atoms with Crippen molar-refractivity contribution >= 4 is 23.0 Å². The van der Waals surface area contributed by atoms with Gasteiger partial charge in [-0.25, -0.2) is 0 Å². The average molecular weight is 242 g/mol. The molecule has 10 heavy (non-hydrogen) atoms. The molecule has 0 aromatic carbocycles. The number of pyridine rings is 1. The topological polar surface area (TPSA) is 12.9 Å². The Bertz CT molecular complexity index is 200. The summed E-state index contributed by atoms with van der Waals surface area (Å²) in [4.78, 5) is 4.26. The summed E-state index contributed by atoms with van der Waals surface area (Å²) in [6, 6.07) is 6.04. The molecule has 1 aromatic heterocycles. The van der Waals surface area contributed by atoms with E-state index in [0.717, 1.165) is 0 Å². The molecule has 0 N–H and O–H groups in total. The van der Waals surface area contributed by atoms with Gasteiger partial charge in [-0.15, -0.1) is 0 Å². The summed E-state index contributed by atoms with van der Waals surface area (Å²) < 4.78 is 0.232. The van der Waals surface area contributed by atoms with E-state index in [-0.39, 0.29) is 3.36 Å². The predicted octanol–water partition coefficient (Wildman–Crippen LogP) is 1.49. The van der Waals surface area contributed by atoms with Crippen molar-refractivity contribution in [3.63, 3.8) is 0 Å². The molecule has 1 rings (SSSR count). The van der Waals surface area contributed by atoms with Gasteiger partial charge in [-0.2, -0.15) is 0 Å². The quantitative estimate of drug-likeness (QED) is 0.679. The summed E-state index contributed by atoms with van der Waals surface area (Å²) in [7, 11) is 0. The molecule has 1 heterocycles. The molecule has 52 valence electrons. The Morgan fingerprint density at radius 3 is 2.40 bits per heavy atom. The van der Waals surface area contributed by atoms with Crippen molar-refractivity contribution in [2.24, 2.45) is 0 Å². The Morgan fingerprint density at radius 1 is 1.40 bits per heavy atom. The van der Waals surface area contributed by atoms with Gasteiger partial charge in [0.15, 0.2) is 0 Å². The maximum absolute atomic E-state index is 4.26. The van der Waals surface area contributed by atoms with Crippen LogP contribution in [0.1, 0.15) is 19.5 Å². The SMILES string of the molecule is C[C](C)([Sb])c1ccccn1. The van der Waals surface area contributed by atoms with Crippen LogP contribution in [-0.4, -0.2) is 28.0 Å². The Balaban J connectivity index is 2.97. The van der Waals surface area contributed by atoms with Gasteiger partial charge in [-0.05, 0) is 0 Å². The fourth-order valence-electron chi connectivity index (χ4n) is 0.725. The van der Waals surface area contributed by atoms with E-state index in [2.05, 4.69) is 24.9 Å². The van der Waals surface area contributed by atoms with Crippen molar-refractivity contribution in [2.45, 2.75) is 17.2 Å². The summed E-state index contributed by atoms with van der Waals surface area (Å²) in [5, 5.41) is 0. The van der Waals surface area contributed by atoms with Crippen molar-refractivity contribution in [1.29, 1.82) is 0 Å².